The van der Waals surface area contributed by atoms with Crippen LogP contribution in [0, 0.1) is 0 Å². The third-order valence-corrected chi connectivity index (χ3v) is 3.25. The molecule has 0 radical (unpaired) electrons. The van der Waals surface area contributed by atoms with Crippen LogP contribution in [0.2, 0.25) is 0 Å². The predicted molar refractivity (Wildman–Crippen MR) is 68.2 cm³/mol. The van der Waals surface area contributed by atoms with E-state index in [1.807, 2.05) is 0 Å². The molecule has 1 aliphatic heterocycles. The molecule has 0 aliphatic carbocycles. The van der Waals surface area contributed by atoms with Crippen LogP contribution in [0.4, 0.5) is 0 Å². The first-order valence-corrected chi connectivity index (χ1v) is 6.66. The van der Waals surface area contributed by atoms with E-state index >= 15 is 0 Å². The van der Waals surface area contributed by atoms with E-state index in [1.54, 1.807) is 0 Å². The molecule has 0 bridgehead atoms. The summed E-state index contributed by atoms with van der Waals surface area (Å²) < 4.78 is 11.3. The number of aliphatic hydroxyl groups excluding tert-OH is 1. The van der Waals surface area contributed by atoms with Crippen LogP contribution in [-0.4, -0.2) is 61.2 Å². The first kappa shape index (κ1) is 14.9. The van der Waals surface area contributed by atoms with Crippen molar-refractivity contribution in [3.8, 4) is 0 Å². The van der Waals surface area contributed by atoms with Gasteiger partial charge in [0.05, 0.1) is 31.5 Å². The Morgan fingerprint density at radius 2 is 2.18 bits per heavy atom. The zero-order valence-electron chi connectivity index (χ0n) is 11.4. The summed E-state index contributed by atoms with van der Waals surface area (Å²) in [5.74, 6) is 0. The van der Waals surface area contributed by atoms with Gasteiger partial charge in [-0.1, -0.05) is 6.92 Å². The Labute approximate surface area is 105 Å². The number of hydrogen-bond donors (Lipinski definition) is 1. The first-order chi connectivity index (χ1) is 8.07. The standard InChI is InChI=1S/C13H27NO3/c1-4-14(7-9-16-10-8-15)11-12-5-6-13(2,3)17-12/h12,15H,4-11H2,1-3H3. The van der Waals surface area contributed by atoms with Gasteiger partial charge in [0.25, 0.3) is 0 Å². The van der Waals surface area contributed by atoms with Gasteiger partial charge in [0.1, 0.15) is 0 Å². The fourth-order valence-corrected chi connectivity index (χ4v) is 2.23. The fourth-order valence-electron chi connectivity index (χ4n) is 2.23. The molecule has 1 fully saturated rings. The summed E-state index contributed by atoms with van der Waals surface area (Å²) in [6, 6.07) is 0. The zero-order valence-corrected chi connectivity index (χ0v) is 11.4. The lowest BCUT2D eigenvalue weighted by Crippen LogP contribution is -2.36. The van der Waals surface area contributed by atoms with E-state index in [1.165, 1.54) is 0 Å². The maximum atomic E-state index is 8.62. The third kappa shape index (κ3) is 5.82. The lowest BCUT2D eigenvalue weighted by molar-refractivity contribution is -0.0311. The molecule has 1 aliphatic rings. The topological polar surface area (TPSA) is 41.9 Å². The van der Waals surface area contributed by atoms with Crippen molar-refractivity contribution >= 4 is 0 Å². The van der Waals surface area contributed by atoms with E-state index in [2.05, 4.69) is 25.7 Å². The third-order valence-electron chi connectivity index (χ3n) is 3.25. The van der Waals surface area contributed by atoms with Crippen molar-refractivity contribution in [2.24, 2.45) is 0 Å². The van der Waals surface area contributed by atoms with Crippen molar-refractivity contribution in [3.63, 3.8) is 0 Å². The molecule has 0 spiro atoms. The maximum Gasteiger partial charge on any atom is 0.0710 e. The molecule has 0 amide bonds. The molecule has 4 heteroatoms. The monoisotopic (exact) mass is 245 g/mol. The average Bonchev–Trinajstić information content (AvgIpc) is 2.62. The van der Waals surface area contributed by atoms with E-state index in [9.17, 15) is 0 Å². The summed E-state index contributed by atoms with van der Waals surface area (Å²) in [4.78, 5) is 2.35. The summed E-state index contributed by atoms with van der Waals surface area (Å²) in [7, 11) is 0. The molecule has 4 nitrogen and oxygen atoms in total. The second-order valence-electron chi connectivity index (χ2n) is 5.27. The van der Waals surface area contributed by atoms with Gasteiger partial charge in [-0.25, -0.2) is 0 Å². The molecular formula is C13H27NO3. The molecule has 1 N–H and O–H groups in total. The van der Waals surface area contributed by atoms with E-state index in [0.717, 1.165) is 32.5 Å². The van der Waals surface area contributed by atoms with Crippen LogP contribution >= 0.6 is 0 Å². The molecule has 0 saturated carbocycles. The zero-order chi connectivity index (χ0) is 12.7. The molecule has 0 aromatic heterocycles. The van der Waals surface area contributed by atoms with Crippen molar-refractivity contribution in [2.45, 2.75) is 45.3 Å². The molecular weight excluding hydrogens is 218 g/mol. The highest BCUT2D eigenvalue weighted by molar-refractivity contribution is 4.82. The lowest BCUT2D eigenvalue weighted by atomic mass is 10.1. The average molecular weight is 245 g/mol. The van der Waals surface area contributed by atoms with Crippen LogP contribution in [0.1, 0.15) is 33.6 Å². The van der Waals surface area contributed by atoms with Crippen LogP contribution in [-0.2, 0) is 9.47 Å². The Balaban J connectivity index is 2.18. The lowest BCUT2D eigenvalue weighted by Gasteiger charge is -2.25. The van der Waals surface area contributed by atoms with Gasteiger partial charge in [0, 0.05) is 13.1 Å². The second kappa shape index (κ2) is 7.31. The maximum absolute atomic E-state index is 8.62. The molecule has 1 atom stereocenters. The van der Waals surface area contributed by atoms with E-state index in [0.29, 0.717) is 19.3 Å². The number of likely N-dealkylation sites (N-methyl/N-ethyl adjacent to an activating group) is 1. The molecule has 102 valence electrons. The molecule has 1 heterocycles. The van der Waals surface area contributed by atoms with Gasteiger partial charge in [-0.2, -0.15) is 0 Å². The highest BCUT2D eigenvalue weighted by Gasteiger charge is 2.32. The van der Waals surface area contributed by atoms with Gasteiger partial charge in [-0.05, 0) is 33.2 Å². The van der Waals surface area contributed by atoms with Crippen molar-refractivity contribution in [1.29, 1.82) is 0 Å². The molecule has 17 heavy (non-hydrogen) atoms. The summed E-state index contributed by atoms with van der Waals surface area (Å²) in [5.41, 5.74) is 0.0530. The molecule has 1 unspecified atom stereocenters. The quantitative estimate of drug-likeness (QED) is 0.654. The number of rotatable bonds is 8. The van der Waals surface area contributed by atoms with Crippen LogP contribution in [0.15, 0.2) is 0 Å². The Hall–Kier alpha value is -0.160. The SMILES string of the molecule is CCN(CCOCCO)CC1CCC(C)(C)O1. The highest BCUT2D eigenvalue weighted by atomic mass is 16.5. The fraction of sp³-hybridized carbons (Fsp3) is 1.00. The van der Waals surface area contributed by atoms with Gasteiger partial charge in [-0.3, -0.25) is 4.90 Å². The number of aliphatic hydroxyl groups is 1. The Morgan fingerprint density at radius 1 is 1.41 bits per heavy atom. The Kier molecular flexibility index (Phi) is 6.41. The number of nitrogens with zero attached hydrogens (tertiary/aromatic N) is 1. The van der Waals surface area contributed by atoms with Crippen molar-refractivity contribution in [3.05, 3.63) is 0 Å². The van der Waals surface area contributed by atoms with E-state index in [4.69, 9.17) is 14.6 Å². The summed E-state index contributed by atoms with van der Waals surface area (Å²) >= 11 is 0. The largest absolute Gasteiger partial charge is 0.394 e. The second-order valence-corrected chi connectivity index (χ2v) is 5.27. The molecule has 0 aromatic carbocycles. The van der Waals surface area contributed by atoms with Gasteiger partial charge < -0.3 is 14.6 Å². The normalized spacial score (nSPS) is 23.5. The Morgan fingerprint density at radius 3 is 2.71 bits per heavy atom. The van der Waals surface area contributed by atoms with Gasteiger partial charge in [0.15, 0.2) is 0 Å². The van der Waals surface area contributed by atoms with Gasteiger partial charge in [0.2, 0.25) is 0 Å². The minimum absolute atomic E-state index is 0.0530. The molecule has 1 saturated heterocycles. The highest BCUT2D eigenvalue weighted by Crippen LogP contribution is 2.29. The van der Waals surface area contributed by atoms with E-state index in [-0.39, 0.29) is 12.2 Å². The van der Waals surface area contributed by atoms with E-state index < -0.39 is 0 Å². The summed E-state index contributed by atoms with van der Waals surface area (Å²) in [5, 5.41) is 8.62. The first-order valence-electron chi connectivity index (χ1n) is 6.66. The predicted octanol–water partition coefficient (Wildman–Crippen LogP) is 1.27. The minimum Gasteiger partial charge on any atom is -0.394 e. The van der Waals surface area contributed by atoms with Crippen molar-refractivity contribution in [2.75, 3.05) is 39.5 Å². The smallest absolute Gasteiger partial charge is 0.0710 e. The van der Waals surface area contributed by atoms with Crippen molar-refractivity contribution < 1.29 is 14.6 Å². The number of ether oxygens (including phenoxy) is 2. The summed E-state index contributed by atoms with van der Waals surface area (Å²) in [6.07, 6.45) is 2.67. The minimum atomic E-state index is 0.0530. The van der Waals surface area contributed by atoms with Gasteiger partial charge >= 0.3 is 0 Å². The molecule has 1 rings (SSSR count). The van der Waals surface area contributed by atoms with Crippen LogP contribution < -0.4 is 0 Å². The Bertz CT molecular complexity index is 209. The molecule has 0 aromatic rings. The van der Waals surface area contributed by atoms with Crippen LogP contribution in [0.25, 0.3) is 0 Å². The van der Waals surface area contributed by atoms with Gasteiger partial charge in [-0.15, -0.1) is 0 Å². The van der Waals surface area contributed by atoms with Crippen molar-refractivity contribution in [1.82, 2.24) is 4.90 Å². The number of hydrogen-bond acceptors (Lipinski definition) is 4. The summed E-state index contributed by atoms with van der Waals surface area (Å²) in [6.45, 7) is 10.6. The van der Waals surface area contributed by atoms with Crippen LogP contribution in [0.5, 0.6) is 0 Å². The van der Waals surface area contributed by atoms with Crippen LogP contribution in [0.3, 0.4) is 0 Å².